The fourth-order valence-corrected chi connectivity index (χ4v) is 2.97. The van der Waals surface area contributed by atoms with Crippen molar-refractivity contribution in [3.05, 3.63) is 22.4 Å². The highest BCUT2D eigenvalue weighted by Gasteiger charge is 2.44. The van der Waals surface area contributed by atoms with Crippen LogP contribution in [-0.4, -0.2) is 29.3 Å². The van der Waals surface area contributed by atoms with E-state index >= 15 is 0 Å². The van der Waals surface area contributed by atoms with Crippen LogP contribution in [0, 0.1) is 5.92 Å². The zero-order valence-corrected chi connectivity index (χ0v) is 10.2. The van der Waals surface area contributed by atoms with Crippen LogP contribution in [0.1, 0.15) is 18.4 Å². The highest BCUT2D eigenvalue weighted by atomic mass is 32.1. The molecule has 1 aromatic heterocycles. The van der Waals surface area contributed by atoms with Crippen LogP contribution in [0.5, 0.6) is 0 Å². The van der Waals surface area contributed by atoms with Gasteiger partial charge in [-0.25, -0.2) is 0 Å². The normalized spacial score (nSPS) is 24.9. The first-order valence-electron chi connectivity index (χ1n) is 5.84. The zero-order chi connectivity index (χ0) is 11.8. The molecule has 2 fully saturated rings. The Morgan fingerprint density at radius 1 is 1.41 bits per heavy atom. The smallest absolute Gasteiger partial charge is 0.243 e. The van der Waals surface area contributed by atoms with Gasteiger partial charge in [-0.15, -0.1) is 0 Å². The molecule has 1 saturated carbocycles. The monoisotopic (exact) mass is 250 g/mol. The van der Waals surface area contributed by atoms with Crippen molar-refractivity contribution in [2.45, 2.75) is 25.4 Å². The number of rotatable bonds is 3. The third-order valence-corrected chi connectivity index (χ3v) is 4.07. The second-order valence-electron chi connectivity index (χ2n) is 4.65. The van der Waals surface area contributed by atoms with Crippen molar-refractivity contribution >= 4 is 23.2 Å². The third-order valence-electron chi connectivity index (χ3n) is 3.34. The molecule has 1 atom stereocenters. The minimum absolute atomic E-state index is 0.0160. The predicted octanol–water partition coefficient (Wildman–Crippen LogP) is 0.985. The Kier molecular flexibility index (Phi) is 2.63. The summed E-state index contributed by atoms with van der Waals surface area (Å²) in [7, 11) is 0. The summed E-state index contributed by atoms with van der Waals surface area (Å²) in [6.07, 6.45) is 2.12. The molecule has 0 radical (unpaired) electrons. The quantitative estimate of drug-likeness (QED) is 0.869. The van der Waals surface area contributed by atoms with Gasteiger partial charge in [-0.05, 0) is 41.1 Å². The summed E-state index contributed by atoms with van der Waals surface area (Å²) in [5.41, 5.74) is 1.11. The van der Waals surface area contributed by atoms with E-state index in [0.717, 1.165) is 18.4 Å². The van der Waals surface area contributed by atoms with Gasteiger partial charge in [0.15, 0.2) is 0 Å². The van der Waals surface area contributed by atoms with E-state index in [1.54, 1.807) is 16.2 Å². The summed E-state index contributed by atoms with van der Waals surface area (Å²) in [5, 5.41) is 6.71. The van der Waals surface area contributed by atoms with E-state index < -0.39 is 0 Å². The molecule has 3 rings (SSSR count). The van der Waals surface area contributed by atoms with Crippen LogP contribution >= 0.6 is 11.3 Å². The fraction of sp³-hybridized carbons (Fsp3) is 0.500. The summed E-state index contributed by atoms with van der Waals surface area (Å²) in [6.45, 7) is 0.711. The van der Waals surface area contributed by atoms with Crippen LogP contribution in [0.2, 0.25) is 0 Å². The first-order valence-corrected chi connectivity index (χ1v) is 6.78. The average molecular weight is 250 g/mol. The first kappa shape index (κ1) is 10.8. The van der Waals surface area contributed by atoms with Gasteiger partial charge >= 0.3 is 0 Å². The van der Waals surface area contributed by atoms with Crippen LogP contribution in [0.25, 0.3) is 0 Å². The maximum absolute atomic E-state index is 11.9. The third kappa shape index (κ3) is 2.07. The van der Waals surface area contributed by atoms with Crippen molar-refractivity contribution in [3.8, 4) is 0 Å². The number of carbonyl (C=O) groups is 2. The van der Waals surface area contributed by atoms with Gasteiger partial charge in [0.25, 0.3) is 0 Å². The van der Waals surface area contributed by atoms with Gasteiger partial charge in [0.1, 0.15) is 6.04 Å². The molecular formula is C12H14N2O2S. The summed E-state index contributed by atoms with van der Waals surface area (Å²) in [5.74, 6) is 0.424. The predicted molar refractivity (Wildman–Crippen MR) is 64.4 cm³/mol. The van der Waals surface area contributed by atoms with Crippen molar-refractivity contribution in [3.63, 3.8) is 0 Å². The number of thiophene rings is 1. The van der Waals surface area contributed by atoms with Crippen LogP contribution in [0.4, 0.5) is 0 Å². The van der Waals surface area contributed by atoms with Crippen LogP contribution in [-0.2, 0) is 16.1 Å². The Labute approximate surface area is 104 Å². The Balaban J connectivity index is 1.81. The highest BCUT2D eigenvalue weighted by Crippen LogP contribution is 2.37. The lowest BCUT2D eigenvalue weighted by atomic mass is 10.1. The largest absolute Gasteiger partial charge is 0.345 e. The van der Waals surface area contributed by atoms with E-state index in [2.05, 4.69) is 5.32 Å². The minimum atomic E-state index is -0.240. The number of nitrogens with zero attached hydrogens (tertiary/aromatic N) is 1. The lowest BCUT2D eigenvalue weighted by molar-refractivity contribution is -0.147. The van der Waals surface area contributed by atoms with Crippen LogP contribution in [0.3, 0.4) is 0 Å². The molecule has 1 unspecified atom stereocenters. The molecule has 2 aliphatic rings. The van der Waals surface area contributed by atoms with E-state index in [0.29, 0.717) is 12.5 Å². The van der Waals surface area contributed by atoms with Gasteiger partial charge in [0, 0.05) is 6.54 Å². The topological polar surface area (TPSA) is 49.4 Å². The molecule has 1 aliphatic heterocycles. The molecule has 0 aromatic carbocycles. The zero-order valence-electron chi connectivity index (χ0n) is 9.39. The molecule has 0 bridgehead atoms. The van der Waals surface area contributed by atoms with E-state index in [4.69, 9.17) is 0 Å². The number of hydrogen-bond donors (Lipinski definition) is 1. The van der Waals surface area contributed by atoms with Crippen molar-refractivity contribution < 1.29 is 9.59 Å². The van der Waals surface area contributed by atoms with Gasteiger partial charge < -0.3 is 10.2 Å². The van der Waals surface area contributed by atoms with E-state index in [9.17, 15) is 9.59 Å². The Hall–Kier alpha value is -1.36. The molecule has 1 aromatic rings. The van der Waals surface area contributed by atoms with Gasteiger partial charge in [-0.3, -0.25) is 9.59 Å². The van der Waals surface area contributed by atoms with Crippen LogP contribution < -0.4 is 5.32 Å². The molecule has 1 aliphatic carbocycles. The Morgan fingerprint density at radius 3 is 2.88 bits per heavy atom. The van der Waals surface area contributed by atoms with E-state index in [-0.39, 0.29) is 24.4 Å². The van der Waals surface area contributed by atoms with Gasteiger partial charge in [-0.2, -0.15) is 11.3 Å². The molecule has 90 valence electrons. The standard InChI is InChI=1S/C12H14N2O2S/c15-10-5-13-12(16)11(9-1-2-9)14(10)6-8-3-4-17-7-8/h3-4,7,9,11H,1-2,5-6H2,(H,13,16). The van der Waals surface area contributed by atoms with Crippen molar-refractivity contribution in [1.82, 2.24) is 10.2 Å². The summed E-state index contributed by atoms with van der Waals surface area (Å²) in [4.78, 5) is 25.5. The second-order valence-corrected chi connectivity index (χ2v) is 5.43. The van der Waals surface area contributed by atoms with E-state index in [1.807, 2.05) is 16.8 Å². The lowest BCUT2D eigenvalue weighted by Crippen LogP contribution is -2.58. The maximum atomic E-state index is 11.9. The minimum Gasteiger partial charge on any atom is -0.345 e. The molecular weight excluding hydrogens is 236 g/mol. The van der Waals surface area contributed by atoms with Gasteiger partial charge in [-0.1, -0.05) is 0 Å². The van der Waals surface area contributed by atoms with Crippen molar-refractivity contribution in [1.29, 1.82) is 0 Å². The summed E-state index contributed by atoms with van der Waals surface area (Å²) in [6, 6.07) is 1.77. The molecule has 4 nitrogen and oxygen atoms in total. The van der Waals surface area contributed by atoms with Crippen molar-refractivity contribution in [2.75, 3.05) is 6.54 Å². The number of hydrogen-bond acceptors (Lipinski definition) is 3. The molecule has 17 heavy (non-hydrogen) atoms. The maximum Gasteiger partial charge on any atom is 0.243 e. The lowest BCUT2D eigenvalue weighted by Gasteiger charge is -2.35. The van der Waals surface area contributed by atoms with Gasteiger partial charge in [0.05, 0.1) is 6.54 Å². The second kappa shape index (κ2) is 4.14. The first-order chi connectivity index (χ1) is 8.25. The number of nitrogens with one attached hydrogen (secondary N) is 1. The van der Waals surface area contributed by atoms with Crippen molar-refractivity contribution in [2.24, 2.45) is 5.92 Å². The molecule has 0 spiro atoms. The Bertz CT molecular complexity index is 439. The molecule has 1 saturated heterocycles. The van der Waals surface area contributed by atoms with E-state index in [1.165, 1.54) is 0 Å². The summed E-state index contributed by atoms with van der Waals surface area (Å²) < 4.78 is 0. The van der Waals surface area contributed by atoms with Gasteiger partial charge in [0.2, 0.25) is 11.8 Å². The summed E-state index contributed by atoms with van der Waals surface area (Å²) >= 11 is 1.62. The van der Waals surface area contributed by atoms with Crippen LogP contribution in [0.15, 0.2) is 16.8 Å². The SMILES string of the molecule is O=C1NCC(=O)N(Cc2ccsc2)C1C1CC1. The number of amides is 2. The highest BCUT2D eigenvalue weighted by molar-refractivity contribution is 7.07. The fourth-order valence-electron chi connectivity index (χ4n) is 2.31. The molecule has 2 heterocycles. The number of piperazine rings is 1. The number of carbonyl (C=O) groups excluding carboxylic acids is 2. The molecule has 5 heteroatoms. The molecule has 2 amide bonds. The average Bonchev–Trinajstić information content (AvgIpc) is 3.01. The molecule has 1 N–H and O–H groups in total. The Morgan fingerprint density at radius 2 is 2.24 bits per heavy atom.